The molecule has 0 radical (unpaired) electrons. The number of carbonyl (C=O) groups is 1. The van der Waals surface area contributed by atoms with Crippen LogP contribution in [0.1, 0.15) is 24.5 Å². The van der Waals surface area contributed by atoms with Crippen molar-refractivity contribution in [2.75, 3.05) is 14.2 Å². The first-order valence-electron chi connectivity index (χ1n) is 7.76. The highest BCUT2D eigenvalue weighted by Crippen LogP contribution is 2.31. The molecule has 0 fully saturated rings. The fourth-order valence-corrected chi connectivity index (χ4v) is 2.26. The summed E-state index contributed by atoms with van der Waals surface area (Å²) in [6, 6.07) is 14.6. The number of hydrogen-bond donors (Lipinski definition) is 0. The Kier molecular flexibility index (Phi) is 6.19. The van der Waals surface area contributed by atoms with E-state index in [1.807, 2.05) is 18.2 Å². The van der Waals surface area contributed by atoms with Crippen molar-refractivity contribution in [2.24, 2.45) is 0 Å². The average molecular weight is 337 g/mol. The van der Waals surface area contributed by atoms with Gasteiger partial charge in [-0.2, -0.15) is 5.26 Å². The Morgan fingerprint density at radius 1 is 1.08 bits per heavy atom. The first-order chi connectivity index (χ1) is 12.1. The molecule has 0 aliphatic rings. The minimum absolute atomic E-state index is 0.275. The number of allylic oxidation sites excluding steroid dienone is 1. The number of hydrogen-bond acceptors (Lipinski definition) is 5. The van der Waals surface area contributed by atoms with E-state index in [9.17, 15) is 10.1 Å². The number of benzene rings is 2. The largest absolute Gasteiger partial charge is 0.496 e. The maximum absolute atomic E-state index is 11.5. The van der Waals surface area contributed by atoms with Gasteiger partial charge in [-0.05, 0) is 35.9 Å². The van der Waals surface area contributed by atoms with Gasteiger partial charge in [0.15, 0.2) is 11.5 Å². The van der Waals surface area contributed by atoms with Crippen molar-refractivity contribution in [1.29, 1.82) is 5.26 Å². The molecule has 0 bridgehead atoms. The summed E-state index contributed by atoms with van der Waals surface area (Å²) < 4.78 is 15.8. The fraction of sp³-hybridized carbons (Fsp3) is 0.200. The Hall–Kier alpha value is -3.26. The van der Waals surface area contributed by atoms with E-state index in [4.69, 9.17) is 14.2 Å². The molecule has 25 heavy (non-hydrogen) atoms. The molecule has 2 aromatic carbocycles. The van der Waals surface area contributed by atoms with Gasteiger partial charge in [-0.3, -0.25) is 4.79 Å². The van der Waals surface area contributed by atoms with Crippen molar-refractivity contribution in [1.82, 2.24) is 0 Å². The molecule has 5 nitrogen and oxygen atoms in total. The molecule has 5 heteroatoms. The summed E-state index contributed by atoms with van der Waals surface area (Å²) in [5.41, 5.74) is 1.90. The Morgan fingerprint density at radius 2 is 1.80 bits per heavy atom. The number of para-hydroxylation sites is 1. The average Bonchev–Trinajstić information content (AvgIpc) is 2.66. The first kappa shape index (κ1) is 18.1. The molecule has 0 aliphatic carbocycles. The molecular formula is C20H19NO4. The van der Waals surface area contributed by atoms with Crippen LogP contribution in [-0.4, -0.2) is 20.2 Å². The van der Waals surface area contributed by atoms with E-state index in [0.29, 0.717) is 28.4 Å². The Balaban J connectivity index is 2.41. The summed E-state index contributed by atoms with van der Waals surface area (Å²) >= 11 is 0. The second-order valence-electron chi connectivity index (χ2n) is 5.11. The van der Waals surface area contributed by atoms with Crippen molar-refractivity contribution in [2.45, 2.75) is 13.3 Å². The van der Waals surface area contributed by atoms with E-state index in [1.165, 1.54) is 7.11 Å². The highest BCUT2D eigenvalue weighted by molar-refractivity contribution is 5.92. The molecule has 128 valence electrons. The fourth-order valence-electron chi connectivity index (χ4n) is 2.26. The van der Waals surface area contributed by atoms with Crippen LogP contribution in [-0.2, 0) is 4.79 Å². The lowest BCUT2D eigenvalue weighted by molar-refractivity contribution is -0.134. The Morgan fingerprint density at radius 3 is 2.44 bits per heavy atom. The van der Waals surface area contributed by atoms with Crippen molar-refractivity contribution >= 4 is 17.6 Å². The van der Waals surface area contributed by atoms with Gasteiger partial charge in [-0.1, -0.05) is 25.1 Å². The van der Waals surface area contributed by atoms with Crippen molar-refractivity contribution < 1.29 is 19.0 Å². The van der Waals surface area contributed by atoms with E-state index in [-0.39, 0.29) is 12.4 Å². The number of esters is 1. The highest BCUT2D eigenvalue weighted by atomic mass is 16.6. The third-order valence-corrected chi connectivity index (χ3v) is 3.53. The van der Waals surface area contributed by atoms with Crippen LogP contribution in [0.4, 0.5) is 0 Å². The number of nitrogens with zero attached hydrogens (tertiary/aromatic N) is 1. The van der Waals surface area contributed by atoms with Crippen LogP contribution in [0.3, 0.4) is 0 Å². The zero-order chi connectivity index (χ0) is 18.2. The molecule has 0 spiro atoms. The van der Waals surface area contributed by atoms with Gasteiger partial charge < -0.3 is 14.2 Å². The second-order valence-corrected chi connectivity index (χ2v) is 5.11. The van der Waals surface area contributed by atoms with Crippen LogP contribution >= 0.6 is 0 Å². The van der Waals surface area contributed by atoms with Gasteiger partial charge in [0.1, 0.15) is 5.75 Å². The zero-order valence-electron chi connectivity index (χ0n) is 14.4. The third kappa shape index (κ3) is 4.39. The van der Waals surface area contributed by atoms with Crippen molar-refractivity contribution in [3.8, 4) is 23.3 Å². The number of rotatable bonds is 6. The van der Waals surface area contributed by atoms with E-state index < -0.39 is 0 Å². The number of methoxy groups -OCH3 is 2. The minimum Gasteiger partial charge on any atom is -0.496 e. The maximum Gasteiger partial charge on any atom is 0.311 e. The topological polar surface area (TPSA) is 68.6 Å². The molecule has 0 N–H and O–H groups in total. The molecule has 2 aromatic rings. The minimum atomic E-state index is -0.340. The van der Waals surface area contributed by atoms with Gasteiger partial charge in [-0.15, -0.1) is 0 Å². The van der Waals surface area contributed by atoms with Gasteiger partial charge in [0, 0.05) is 12.0 Å². The number of nitriles is 1. The molecule has 0 amide bonds. The quantitative estimate of drug-likeness (QED) is 0.344. The summed E-state index contributed by atoms with van der Waals surface area (Å²) in [4.78, 5) is 11.5. The summed E-state index contributed by atoms with van der Waals surface area (Å²) in [5.74, 6) is 1.05. The molecule has 0 aliphatic heterocycles. The molecular weight excluding hydrogens is 318 g/mol. The maximum atomic E-state index is 11.5. The standard InChI is InChI=1S/C20H19NO4/c1-4-20(22)25-18-10-9-14(12-19(18)24-3)11-15(13-21)16-7-5-6-8-17(16)23-2/h5-12H,4H2,1-3H3/b15-11-. The molecule has 0 aromatic heterocycles. The van der Waals surface area contributed by atoms with Crippen molar-refractivity contribution in [3.63, 3.8) is 0 Å². The van der Waals surface area contributed by atoms with Crippen LogP contribution in [0.25, 0.3) is 11.6 Å². The predicted octanol–water partition coefficient (Wildman–Crippen LogP) is 4.08. The summed E-state index contributed by atoms with van der Waals surface area (Å²) in [5, 5.41) is 9.52. The lowest BCUT2D eigenvalue weighted by Crippen LogP contribution is -2.06. The van der Waals surface area contributed by atoms with Crippen LogP contribution < -0.4 is 14.2 Å². The molecule has 0 unspecified atom stereocenters. The number of carbonyl (C=O) groups excluding carboxylic acids is 1. The van der Waals surface area contributed by atoms with Gasteiger partial charge >= 0.3 is 5.97 Å². The van der Waals surface area contributed by atoms with Gasteiger partial charge in [-0.25, -0.2) is 0 Å². The molecule has 0 saturated heterocycles. The van der Waals surface area contributed by atoms with Crippen molar-refractivity contribution in [3.05, 3.63) is 53.6 Å². The summed E-state index contributed by atoms with van der Waals surface area (Å²) in [6.07, 6.45) is 2.00. The van der Waals surface area contributed by atoms with Crippen LogP contribution in [0, 0.1) is 11.3 Å². The first-order valence-corrected chi connectivity index (χ1v) is 7.76. The monoisotopic (exact) mass is 337 g/mol. The normalized spacial score (nSPS) is 10.7. The van der Waals surface area contributed by atoms with Crippen LogP contribution in [0.2, 0.25) is 0 Å². The highest BCUT2D eigenvalue weighted by Gasteiger charge is 2.11. The van der Waals surface area contributed by atoms with Gasteiger partial charge in [0.05, 0.1) is 25.9 Å². The smallest absolute Gasteiger partial charge is 0.311 e. The van der Waals surface area contributed by atoms with E-state index >= 15 is 0 Å². The van der Waals surface area contributed by atoms with Crippen LogP contribution in [0.15, 0.2) is 42.5 Å². The van der Waals surface area contributed by atoms with E-state index in [1.54, 1.807) is 44.4 Å². The molecule has 0 atom stereocenters. The third-order valence-electron chi connectivity index (χ3n) is 3.53. The lowest BCUT2D eigenvalue weighted by atomic mass is 10.0. The van der Waals surface area contributed by atoms with Gasteiger partial charge in [0.25, 0.3) is 0 Å². The molecule has 2 rings (SSSR count). The zero-order valence-corrected chi connectivity index (χ0v) is 14.4. The molecule has 0 heterocycles. The lowest BCUT2D eigenvalue weighted by Gasteiger charge is -2.10. The SMILES string of the molecule is CCC(=O)Oc1ccc(/C=C(/C#N)c2ccccc2OC)cc1OC. The Bertz CT molecular complexity index is 834. The summed E-state index contributed by atoms with van der Waals surface area (Å²) in [7, 11) is 3.06. The Labute approximate surface area is 147 Å². The van der Waals surface area contributed by atoms with E-state index in [2.05, 4.69) is 6.07 Å². The van der Waals surface area contributed by atoms with Crippen LogP contribution in [0.5, 0.6) is 17.2 Å². The van der Waals surface area contributed by atoms with Gasteiger partial charge in [0.2, 0.25) is 0 Å². The number of ether oxygens (including phenoxy) is 3. The molecule has 0 saturated carbocycles. The summed E-state index contributed by atoms with van der Waals surface area (Å²) in [6.45, 7) is 1.72. The van der Waals surface area contributed by atoms with E-state index in [0.717, 1.165) is 5.56 Å². The second kappa shape index (κ2) is 8.55. The predicted molar refractivity (Wildman–Crippen MR) is 95.4 cm³/mol.